The molecule has 2 rings (SSSR count). The summed E-state index contributed by atoms with van der Waals surface area (Å²) in [5.74, 6) is -0.171. The molecule has 1 saturated carbocycles. The SMILES string of the molecule is NC1CC(NC(=O)c2cnccn2)C1. The van der Waals surface area contributed by atoms with Crippen molar-refractivity contribution in [3.63, 3.8) is 0 Å². The van der Waals surface area contributed by atoms with Crippen molar-refractivity contribution in [3.05, 3.63) is 24.3 Å². The average Bonchev–Trinajstić information content (AvgIpc) is 2.17. The van der Waals surface area contributed by atoms with Crippen LogP contribution in [-0.4, -0.2) is 28.0 Å². The van der Waals surface area contributed by atoms with Crippen LogP contribution >= 0.6 is 0 Å². The Morgan fingerprint density at radius 2 is 2.29 bits per heavy atom. The van der Waals surface area contributed by atoms with E-state index >= 15 is 0 Å². The second-order valence-electron chi connectivity index (χ2n) is 3.49. The molecule has 0 spiro atoms. The molecule has 0 aliphatic heterocycles. The van der Waals surface area contributed by atoms with E-state index in [4.69, 9.17) is 5.73 Å². The van der Waals surface area contributed by atoms with Gasteiger partial charge in [0.2, 0.25) is 0 Å². The second kappa shape index (κ2) is 3.71. The van der Waals surface area contributed by atoms with Gasteiger partial charge in [-0.3, -0.25) is 9.78 Å². The maximum atomic E-state index is 11.5. The van der Waals surface area contributed by atoms with Gasteiger partial charge >= 0.3 is 0 Å². The number of carbonyl (C=O) groups is 1. The summed E-state index contributed by atoms with van der Waals surface area (Å²) in [4.78, 5) is 19.2. The van der Waals surface area contributed by atoms with Gasteiger partial charge in [0.25, 0.3) is 5.91 Å². The lowest BCUT2D eigenvalue weighted by molar-refractivity contribution is 0.0904. The van der Waals surface area contributed by atoms with Gasteiger partial charge in [0.05, 0.1) is 6.20 Å². The molecule has 74 valence electrons. The fourth-order valence-corrected chi connectivity index (χ4v) is 1.46. The van der Waals surface area contributed by atoms with Crippen molar-refractivity contribution in [2.75, 3.05) is 0 Å². The van der Waals surface area contributed by atoms with Crippen LogP contribution in [0.4, 0.5) is 0 Å². The second-order valence-corrected chi connectivity index (χ2v) is 3.49. The fraction of sp³-hybridized carbons (Fsp3) is 0.444. The largest absolute Gasteiger partial charge is 0.348 e. The average molecular weight is 192 g/mol. The molecule has 1 aliphatic carbocycles. The molecule has 1 aromatic heterocycles. The van der Waals surface area contributed by atoms with E-state index in [1.165, 1.54) is 18.6 Å². The number of nitrogens with two attached hydrogens (primary N) is 1. The van der Waals surface area contributed by atoms with E-state index in [0.717, 1.165) is 12.8 Å². The van der Waals surface area contributed by atoms with Crippen LogP contribution in [0.25, 0.3) is 0 Å². The Labute approximate surface area is 81.7 Å². The van der Waals surface area contributed by atoms with Crippen LogP contribution < -0.4 is 11.1 Å². The number of nitrogens with one attached hydrogen (secondary N) is 1. The number of aromatic nitrogens is 2. The number of rotatable bonds is 2. The molecule has 0 aromatic carbocycles. The summed E-state index contributed by atoms with van der Waals surface area (Å²) >= 11 is 0. The molecule has 1 amide bonds. The van der Waals surface area contributed by atoms with Crippen LogP contribution in [0.3, 0.4) is 0 Å². The van der Waals surface area contributed by atoms with Gasteiger partial charge < -0.3 is 11.1 Å². The van der Waals surface area contributed by atoms with E-state index in [-0.39, 0.29) is 18.0 Å². The maximum absolute atomic E-state index is 11.5. The molecule has 0 atom stereocenters. The lowest BCUT2D eigenvalue weighted by atomic mass is 9.87. The van der Waals surface area contributed by atoms with Gasteiger partial charge in [0.15, 0.2) is 0 Å². The van der Waals surface area contributed by atoms with Crippen molar-refractivity contribution >= 4 is 5.91 Å². The van der Waals surface area contributed by atoms with E-state index < -0.39 is 0 Å². The number of nitrogens with zero attached hydrogens (tertiary/aromatic N) is 2. The molecular weight excluding hydrogens is 180 g/mol. The van der Waals surface area contributed by atoms with Gasteiger partial charge in [-0.05, 0) is 12.8 Å². The number of hydrogen-bond acceptors (Lipinski definition) is 4. The van der Waals surface area contributed by atoms with Gasteiger partial charge in [-0.25, -0.2) is 4.98 Å². The Morgan fingerprint density at radius 3 is 2.86 bits per heavy atom. The first-order valence-corrected chi connectivity index (χ1v) is 4.58. The van der Waals surface area contributed by atoms with E-state index in [2.05, 4.69) is 15.3 Å². The highest BCUT2D eigenvalue weighted by atomic mass is 16.1. The van der Waals surface area contributed by atoms with Crippen LogP contribution in [-0.2, 0) is 0 Å². The summed E-state index contributed by atoms with van der Waals surface area (Å²) < 4.78 is 0. The van der Waals surface area contributed by atoms with Gasteiger partial charge in [0.1, 0.15) is 5.69 Å². The number of carbonyl (C=O) groups excluding carboxylic acids is 1. The van der Waals surface area contributed by atoms with Crippen LogP contribution in [0.1, 0.15) is 23.3 Å². The van der Waals surface area contributed by atoms with Gasteiger partial charge in [0, 0.05) is 24.5 Å². The predicted octanol–water partition coefficient (Wildman–Crippen LogP) is -0.304. The minimum atomic E-state index is -0.171. The van der Waals surface area contributed by atoms with Crippen molar-refractivity contribution in [2.45, 2.75) is 24.9 Å². The Hall–Kier alpha value is -1.49. The Kier molecular flexibility index (Phi) is 2.41. The zero-order valence-electron chi connectivity index (χ0n) is 7.68. The summed E-state index contributed by atoms with van der Waals surface area (Å²) in [6.45, 7) is 0. The lowest BCUT2D eigenvalue weighted by Gasteiger charge is -2.32. The van der Waals surface area contributed by atoms with Crippen LogP contribution in [0, 0.1) is 0 Å². The molecule has 3 N–H and O–H groups in total. The number of amides is 1. The van der Waals surface area contributed by atoms with Crippen molar-refractivity contribution in [2.24, 2.45) is 5.73 Å². The summed E-state index contributed by atoms with van der Waals surface area (Å²) in [5.41, 5.74) is 5.96. The highest BCUT2D eigenvalue weighted by molar-refractivity contribution is 5.92. The summed E-state index contributed by atoms with van der Waals surface area (Å²) in [6, 6.07) is 0.446. The van der Waals surface area contributed by atoms with E-state index in [9.17, 15) is 4.79 Å². The zero-order chi connectivity index (χ0) is 9.97. The van der Waals surface area contributed by atoms with Crippen molar-refractivity contribution < 1.29 is 4.79 Å². The molecule has 0 unspecified atom stereocenters. The Bertz CT molecular complexity index is 321. The minimum absolute atomic E-state index is 0.171. The Morgan fingerprint density at radius 1 is 1.50 bits per heavy atom. The van der Waals surface area contributed by atoms with Gasteiger partial charge in [-0.1, -0.05) is 0 Å². The zero-order valence-corrected chi connectivity index (χ0v) is 7.68. The molecular formula is C9H12N4O. The molecule has 1 heterocycles. The van der Waals surface area contributed by atoms with Crippen LogP contribution in [0.2, 0.25) is 0 Å². The topological polar surface area (TPSA) is 80.9 Å². The highest BCUT2D eigenvalue weighted by Gasteiger charge is 2.27. The lowest BCUT2D eigenvalue weighted by Crippen LogP contribution is -2.50. The molecule has 0 saturated heterocycles. The predicted molar refractivity (Wildman–Crippen MR) is 50.5 cm³/mol. The first kappa shape index (κ1) is 9.08. The van der Waals surface area contributed by atoms with E-state index in [0.29, 0.717) is 5.69 Å². The molecule has 1 aromatic rings. The third-order valence-electron chi connectivity index (χ3n) is 2.31. The maximum Gasteiger partial charge on any atom is 0.271 e. The molecule has 14 heavy (non-hydrogen) atoms. The molecule has 5 heteroatoms. The van der Waals surface area contributed by atoms with Gasteiger partial charge in [-0.15, -0.1) is 0 Å². The van der Waals surface area contributed by atoms with Crippen molar-refractivity contribution in [1.82, 2.24) is 15.3 Å². The van der Waals surface area contributed by atoms with Gasteiger partial charge in [-0.2, -0.15) is 0 Å². The van der Waals surface area contributed by atoms with Crippen LogP contribution in [0.15, 0.2) is 18.6 Å². The monoisotopic (exact) mass is 192 g/mol. The third kappa shape index (κ3) is 1.88. The first-order chi connectivity index (χ1) is 6.75. The van der Waals surface area contributed by atoms with E-state index in [1.807, 2.05) is 0 Å². The minimum Gasteiger partial charge on any atom is -0.348 e. The normalized spacial score (nSPS) is 25.2. The molecule has 1 fully saturated rings. The standard InChI is InChI=1S/C9H12N4O/c10-6-3-7(4-6)13-9(14)8-5-11-1-2-12-8/h1-2,5-7H,3-4,10H2,(H,13,14). The fourth-order valence-electron chi connectivity index (χ4n) is 1.46. The summed E-state index contributed by atoms with van der Waals surface area (Å²) in [7, 11) is 0. The van der Waals surface area contributed by atoms with Crippen molar-refractivity contribution in [1.29, 1.82) is 0 Å². The van der Waals surface area contributed by atoms with Crippen LogP contribution in [0.5, 0.6) is 0 Å². The first-order valence-electron chi connectivity index (χ1n) is 4.58. The molecule has 1 aliphatic rings. The summed E-state index contributed by atoms with van der Waals surface area (Å²) in [6.07, 6.45) is 6.20. The summed E-state index contributed by atoms with van der Waals surface area (Å²) in [5, 5.41) is 2.84. The molecule has 0 radical (unpaired) electrons. The smallest absolute Gasteiger partial charge is 0.271 e. The molecule has 5 nitrogen and oxygen atoms in total. The third-order valence-corrected chi connectivity index (χ3v) is 2.31. The molecule has 0 bridgehead atoms. The highest BCUT2D eigenvalue weighted by Crippen LogP contribution is 2.17. The van der Waals surface area contributed by atoms with Crippen molar-refractivity contribution in [3.8, 4) is 0 Å². The Balaban J connectivity index is 1.90. The quantitative estimate of drug-likeness (QED) is 0.674. The number of hydrogen-bond donors (Lipinski definition) is 2. The van der Waals surface area contributed by atoms with E-state index in [1.54, 1.807) is 0 Å².